The molecule has 0 spiro atoms. The van der Waals surface area contributed by atoms with Crippen LogP contribution in [0.3, 0.4) is 0 Å². The predicted molar refractivity (Wildman–Crippen MR) is 96.0 cm³/mol. The van der Waals surface area contributed by atoms with Gasteiger partial charge in [-0.3, -0.25) is 4.79 Å². The van der Waals surface area contributed by atoms with Gasteiger partial charge in [0.1, 0.15) is 12.6 Å². The lowest BCUT2D eigenvalue weighted by Crippen LogP contribution is -2.38. The van der Waals surface area contributed by atoms with Gasteiger partial charge in [-0.2, -0.15) is 0 Å². The number of likely N-dealkylation sites (N-methyl/N-ethyl adjacent to an activating group) is 1. The lowest BCUT2D eigenvalue weighted by atomic mass is 10.1. The number of unbranched alkanes of at least 4 members (excludes halogenated alkanes) is 2. The van der Waals surface area contributed by atoms with Crippen LogP contribution in [0.15, 0.2) is 30.3 Å². The molecule has 0 saturated carbocycles. The maximum atomic E-state index is 12.2. The maximum absolute atomic E-state index is 12.2. The number of benzene rings is 1. The normalized spacial score (nSPS) is 12.6. The minimum Gasteiger partial charge on any atom is -0.458 e. The fourth-order valence-electron chi connectivity index (χ4n) is 1.99. The van der Waals surface area contributed by atoms with Gasteiger partial charge in [-0.1, -0.05) is 50.1 Å². The smallest absolute Gasteiger partial charge is 0.347 e. The van der Waals surface area contributed by atoms with Crippen LogP contribution >= 0.6 is 12.4 Å². The van der Waals surface area contributed by atoms with Crippen molar-refractivity contribution >= 4 is 24.3 Å². The maximum Gasteiger partial charge on any atom is 0.347 e. The molecule has 0 aliphatic rings. The molecular formula is C18H28ClNO4. The molecular weight excluding hydrogens is 330 g/mol. The quantitative estimate of drug-likeness (QED) is 0.514. The molecule has 0 amide bonds. The second-order valence-electron chi connectivity index (χ2n) is 5.52. The van der Waals surface area contributed by atoms with E-state index in [1.807, 2.05) is 30.3 Å². The molecule has 0 aromatic heterocycles. The van der Waals surface area contributed by atoms with Crippen molar-refractivity contribution in [3.63, 3.8) is 0 Å². The van der Waals surface area contributed by atoms with Crippen LogP contribution in [0.5, 0.6) is 0 Å². The minimum absolute atomic E-state index is 0. The van der Waals surface area contributed by atoms with Crippen LogP contribution in [0, 0.1) is 0 Å². The molecule has 0 unspecified atom stereocenters. The summed E-state index contributed by atoms with van der Waals surface area (Å²) < 4.78 is 10.6. The van der Waals surface area contributed by atoms with Crippen molar-refractivity contribution in [3.8, 4) is 0 Å². The number of hydrogen-bond donors (Lipinski definition) is 1. The van der Waals surface area contributed by atoms with Gasteiger partial charge in [0.05, 0.1) is 0 Å². The van der Waals surface area contributed by atoms with Crippen LogP contribution < -0.4 is 5.32 Å². The van der Waals surface area contributed by atoms with Crippen LogP contribution in [-0.4, -0.2) is 31.1 Å². The van der Waals surface area contributed by atoms with Crippen molar-refractivity contribution in [3.05, 3.63) is 35.9 Å². The average Bonchev–Trinajstić information content (AvgIpc) is 2.58. The van der Waals surface area contributed by atoms with Gasteiger partial charge in [0.15, 0.2) is 6.10 Å². The Labute approximate surface area is 150 Å². The largest absolute Gasteiger partial charge is 0.458 e. The predicted octanol–water partition coefficient (Wildman–Crippen LogP) is 3.25. The first-order valence-electron chi connectivity index (χ1n) is 8.16. The highest BCUT2D eigenvalue weighted by Crippen LogP contribution is 2.11. The molecule has 5 nitrogen and oxygen atoms in total. The number of carbonyl (C=O) groups is 2. The van der Waals surface area contributed by atoms with Gasteiger partial charge < -0.3 is 14.8 Å². The van der Waals surface area contributed by atoms with Crippen LogP contribution in [0.2, 0.25) is 0 Å². The summed E-state index contributed by atoms with van der Waals surface area (Å²) >= 11 is 0. The Kier molecular flexibility index (Phi) is 11.9. The molecule has 1 aromatic carbocycles. The van der Waals surface area contributed by atoms with Crippen LogP contribution in [0.25, 0.3) is 0 Å². The molecule has 1 aromatic rings. The van der Waals surface area contributed by atoms with Crippen LogP contribution in [-0.2, 0) is 25.7 Å². The van der Waals surface area contributed by atoms with Gasteiger partial charge >= 0.3 is 11.9 Å². The molecule has 0 saturated heterocycles. The Morgan fingerprint density at radius 1 is 1.12 bits per heavy atom. The number of rotatable bonds is 10. The molecule has 6 heteroatoms. The first-order valence-corrected chi connectivity index (χ1v) is 8.16. The van der Waals surface area contributed by atoms with Gasteiger partial charge in [-0.25, -0.2) is 4.79 Å². The summed E-state index contributed by atoms with van der Waals surface area (Å²) in [4.78, 5) is 24.1. The van der Waals surface area contributed by atoms with E-state index in [2.05, 4.69) is 12.2 Å². The zero-order valence-electron chi connectivity index (χ0n) is 14.6. The van der Waals surface area contributed by atoms with Crippen molar-refractivity contribution in [2.75, 3.05) is 7.05 Å². The summed E-state index contributed by atoms with van der Waals surface area (Å²) in [6, 6.07) is 8.99. The molecule has 2 atom stereocenters. The van der Waals surface area contributed by atoms with E-state index in [1.54, 1.807) is 14.0 Å². The fourth-order valence-corrected chi connectivity index (χ4v) is 1.99. The highest BCUT2D eigenvalue weighted by atomic mass is 35.5. The Hall–Kier alpha value is -1.59. The summed E-state index contributed by atoms with van der Waals surface area (Å²) in [6.45, 7) is 3.96. The Morgan fingerprint density at radius 2 is 1.79 bits per heavy atom. The standard InChI is InChI=1S/C18H27NO4.ClH/c1-4-5-7-12-16(23-17(20)14(2)19-3)18(21)22-13-15-10-8-6-9-11-15;/h6,8-11,14,16,19H,4-5,7,12-13H2,1-3H3;1H/t14-,16+;/m0./s1. The van der Waals surface area contributed by atoms with E-state index in [4.69, 9.17) is 9.47 Å². The highest BCUT2D eigenvalue weighted by Gasteiger charge is 2.26. The van der Waals surface area contributed by atoms with Gasteiger partial charge in [-0.15, -0.1) is 12.4 Å². The minimum atomic E-state index is -0.839. The summed E-state index contributed by atoms with van der Waals surface area (Å²) in [5.74, 6) is -0.924. The van der Waals surface area contributed by atoms with Crippen molar-refractivity contribution in [2.45, 2.75) is 58.3 Å². The topological polar surface area (TPSA) is 64.6 Å². The monoisotopic (exact) mass is 357 g/mol. The van der Waals surface area contributed by atoms with E-state index in [9.17, 15) is 9.59 Å². The van der Waals surface area contributed by atoms with Crippen LogP contribution in [0.4, 0.5) is 0 Å². The zero-order chi connectivity index (χ0) is 17.1. The molecule has 0 radical (unpaired) electrons. The molecule has 0 bridgehead atoms. The number of esters is 2. The van der Waals surface area contributed by atoms with E-state index in [0.29, 0.717) is 6.42 Å². The zero-order valence-corrected chi connectivity index (χ0v) is 15.4. The molecule has 136 valence electrons. The van der Waals surface area contributed by atoms with Crippen molar-refractivity contribution in [1.82, 2.24) is 5.32 Å². The second-order valence-corrected chi connectivity index (χ2v) is 5.52. The van der Waals surface area contributed by atoms with Gasteiger partial charge in [0.25, 0.3) is 0 Å². The molecule has 24 heavy (non-hydrogen) atoms. The van der Waals surface area contributed by atoms with Gasteiger partial charge in [0, 0.05) is 0 Å². The average molecular weight is 358 g/mol. The molecule has 1 rings (SSSR count). The van der Waals surface area contributed by atoms with E-state index >= 15 is 0 Å². The number of nitrogens with one attached hydrogen (secondary N) is 1. The summed E-state index contributed by atoms with van der Waals surface area (Å²) in [7, 11) is 1.67. The van der Waals surface area contributed by atoms with Gasteiger partial charge in [-0.05, 0) is 32.4 Å². The summed E-state index contributed by atoms with van der Waals surface area (Å²) in [6.07, 6.45) is 2.49. The lowest BCUT2D eigenvalue weighted by molar-refractivity contribution is -0.170. The van der Waals surface area contributed by atoms with Crippen LogP contribution in [0.1, 0.15) is 45.1 Å². The molecule has 1 N–H and O–H groups in total. The lowest BCUT2D eigenvalue weighted by Gasteiger charge is -2.19. The fraction of sp³-hybridized carbons (Fsp3) is 0.556. The number of carbonyl (C=O) groups excluding carboxylic acids is 2. The van der Waals surface area contributed by atoms with Crippen molar-refractivity contribution in [2.24, 2.45) is 0 Å². The number of halogens is 1. The highest BCUT2D eigenvalue weighted by molar-refractivity contribution is 5.85. The molecule has 0 heterocycles. The van der Waals surface area contributed by atoms with Crippen molar-refractivity contribution in [1.29, 1.82) is 0 Å². The first kappa shape index (κ1) is 22.4. The van der Waals surface area contributed by atoms with E-state index in [1.165, 1.54) is 0 Å². The third-order valence-electron chi connectivity index (χ3n) is 3.60. The summed E-state index contributed by atoms with van der Waals surface area (Å²) in [5.41, 5.74) is 0.906. The summed E-state index contributed by atoms with van der Waals surface area (Å²) in [5, 5.41) is 2.81. The van der Waals surface area contributed by atoms with Gasteiger partial charge in [0.2, 0.25) is 0 Å². The number of hydrogen-bond acceptors (Lipinski definition) is 5. The third kappa shape index (κ3) is 8.31. The molecule has 0 aliphatic carbocycles. The van der Waals surface area contributed by atoms with E-state index in [0.717, 1.165) is 24.8 Å². The molecule has 0 fully saturated rings. The third-order valence-corrected chi connectivity index (χ3v) is 3.60. The Balaban J connectivity index is 0.00000529. The Bertz CT molecular complexity index is 481. The Morgan fingerprint density at radius 3 is 2.38 bits per heavy atom. The SMILES string of the molecule is CCCCC[C@@H](OC(=O)[C@H](C)NC)C(=O)OCc1ccccc1.Cl. The first-order chi connectivity index (χ1) is 11.1. The van der Waals surface area contributed by atoms with Crippen molar-refractivity contribution < 1.29 is 19.1 Å². The molecule has 0 aliphatic heterocycles. The second kappa shape index (κ2) is 12.8. The van der Waals surface area contributed by atoms with E-state index < -0.39 is 24.1 Å². The number of ether oxygens (including phenoxy) is 2. The van der Waals surface area contributed by atoms with E-state index in [-0.39, 0.29) is 19.0 Å².